The second kappa shape index (κ2) is 6.48. The molecule has 0 radical (unpaired) electrons. The van der Waals surface area contributed by atoms with Crippen molar-refractivity contribution < 1.29 is 17.9 Å². The number of ether oxygens (including phenoxy) is 1. The maximum Gasteiger partial charge on any atom is 0.261 e. The highest BCUT2D eigenvalue weighted by Gasteiger charge is 2.36. The van der Waals surface area contributed by atoms with E-state index in [0.29, 0.717) is 22.1 Å². The maximum atomic E-state index is 12.6. The number of sulfonamides is 1. The van der Waals surface area contributed by atoms with Gasteiger partial charge in [0.2, 0.25) is 5.91 Å². The number of hydrogen-bond donors (Lipinski definition) is 1. The Balaban J connectivity index is 1.93. The Morgan fingerprint density at radius 3 is 2.46 bits per heavy atom. The third kappa shape index (κ3) is 3.50. The predicted octanol–water partition coefficient (Wildman–Crippen LogP) is 3.52. The van der Waals surface area contributed by atoms with Gasteiger partial charge in [-0.25, -0.2) is 8.42 Å². The monoisotopic (exact) mass is 394 g/mol. The minimum absolute atomic E-state index is 0.0960. The minimum Gasteiger partial charge on any atom is -0.490 e. The lowest BCUT2D eigenvalue weighted by atomic mass is 9.93. The molecular weight excluding hydrogens is 376 g/mol. The molecule has 1 aliphatic rings. The zero-order chi connectivity index (χ0) is 19.1. The van der Waals surface area contributed by atoms with Gasteiger partial charge in [-0.15, -0.1) is 0 Å². The van der Waals surface area contributed by atoms with Gasteiger partial charge in [0.1, 0.15) is 12.4 Å². The molecule has 1 amide bonds. The summed E-state index contributed by atoms with van der Waals surface area (Å²) in [6.45, 7) is 3.86. The van der Waals surface area contributed by atoms with Crippen molar-refractivity contribution in [3.8, 4) is 5.75 Å². The third-order valence-corrected chi connectivity index (χ3v) is 5.82. The van der Waals surface area contributed by atoms with Crippen LogP contribution in [0.4, 0.5) is 11.4 Å². The van der Waals surface area contributed by atoms with Crippen LogP contribution in [0.15, 0.2) is 47.4 Å². The van der Waals surface area contributed by atoms with Crippen molar-refractivity contribution in [2.75, 3.05) is 23.3 Å². The molecule has 138 valence electrons. The van der Waals surface area contributed by atoms with Gasteiger partial charge in [-0.05, 0) is 56.3 Å². The molecule has 2 aromatic rings. The van der Waals surface area contributed by atoms with Gasteiger partial charge < -0.3 is 9.64 Å². The minimum atomic E-state index is -3.77. The molecule has 1 heterocycles. The van der Waals surface area contributed by atoms with E-state index >= 15 is 0 Å². The van der Waals surface area contributed by atoms with Crippen LogP contribution in [0, 0.1) is 5.41 Å². The van der Waals surface area contributed by atoms with Gasteiger partial charge in [0.15, 0.2) is 0 Å². The molecule has 1 aliphatic heterocycles. The molecule has 0 spiro atoms. The van der Waals surface area contributed by atoms with Gasteiger partial charge in [-0.2, -0.15) is 0 Å². The lowest BCUT2D eigenvalue weighted by Gasteiger charge is -2.24. The van der Waals surface area contributed by atoms with Crippen molar-refractivity contribution in [1.29, 1.82) is 0 Å². The van der Waals surface area contributed by atoms with E-state index < -0.39 is 15.4 Å². The predicted molar refractivity (Wildman–Crippen MR) is 101 cm³/mol. The summed E-state index contributed by atoms with van der Waals surface area (Å²) in [5.74, 6) is 0.426. The number of halogens is 1. The van der Waals surface area contributed by atoms with Gasteiger partial charge in [-0.3, -0.25) is 9.52 Å². The summed E-state index contributed by atoms with van der Waals surface area (Å²) in [6, 6.07) is 10.7. The Labute approximate surface area is 157 Å². The lowest BCUT2D eigenvalue weighted by Crippen LogP contribution is -2.39. The Bertz CT molecular complexity index is 956. The molecule has 0 atom stereocenters. The summed E-state index contributed by atoms with van der Waals surface area (Å²) >= 11 is 5.80. The first kappa shape index (κ1) is 18.5. The fourth-order valence-electron chi connectivity index (χ4n) is 2.68. The molecule has 8 heteroatoms. The Morgan fingerprint density at radius 2 is 1.81 bits per heavy atom. The smallest absolute Gasteiger partial charge is 0.261 e. The van der Waals surface area contributed by atoms with Gasteiger partial charge in [0, 0.05) is 12.1 Å². The van der Waals surface area contributed by atoms with Crippen LogP contribution in [-0.2, 0) is 14.8 Å². The topological polar surface area (TPSA) is 75.7 Å². The first-order chi connectivity index (χ1) is 12.1. The van der Waals surface area contributed by atoms with Crippen LogP contribution in [-0.4, -0.2) is 28.0 Å². The zero-order valence-corrected chi connectivity index (χ0v) is 16.2. The average molecular weight is 395 g/mol. The second-order valence-electron chi connectivity index (χ2n) is 6.78. The molecule has 0 saturated heterocycles. The highest BCUT2D eigenvalue weighted by molar-refractivity contribution is 7.92. The fraction of sp³-hybridized carbons (Fsp3) is 0.278. The van der Waals surface area contributed by atoms with Gasteiger partial charge in [0.05, 0.1) is 21.7 Å². The summed E-state index contributed by atoms with van der Waals surface area (Å²) in [5.41, 5.74) is 0.176. The van der Waals surface area contributed by atoms with E-state index in [1.807, 2.05) is 13.8 Å². The van der Waals surface area contributed by atoms with Gasteiger partial charge >= 0.3 is 0 Å². The van der Waals surface area contributed by atoms with Crippen molar-refractivity contribution in [1.82, 2.24) is 0 Å². The summed E-state index contributed by atoms with van der Waals surface area (Å²) in [7, 11) is -2.12. The van der Waals surface area contributed by atoms with E-state index in [-0.39, 0.29) is 17.4 Å². The normalized spacial score (nSPS) is 16.5. The van der Waals surface area contributed by atoms with Crippen LogP contribution in [0.3, 0.4) is 0 Å². The molecule has 0 bridgehead atoms. The quantitative estimate of drug-likeness (QED) is 0.864. The van der Waals surface area contributed by atoms with Crippen LogP contribution in [0.1, 0.15) is 13.8 Å². The molecular formula is C18H19ClN2O4S. The van der Waals surface area contributed by atoms with E-state index in [4.69, 9.17) is 16.3 Å². The molecule has 0 aromatic heterocycles. The number of carbonyl (C=O) groups is 1. The number of hydrogen-bond acceptors (Lipinski definition) is 4. The number of anilines is 2. The first-order valence-electron chi connectivity index (χ1n) is 7.93. The molecule has 0 saturated carbocycles. The van der Waals surface area contributed by atoms with Crippen LogP contribution < -0.4 is 14.4 Å². The lowest BCUT2D eigenvalue weighted by molar-refractivity contribution is -0.127. The van der Waals surface area contributed by atoms with Crippen molar-refractivity contribution in [2.24, 2.45) is 5.41 Å². The number of nitrogens with zero attached hydrogens (tertiary/aromatic N) is 1. The highest BCUT2D eigenvalue weighted by atomic mass is 35.5. The van der Waals surface area contributed by atoms with Crippen LogP contribution in [0.5, 0.6) is 5.75 Å². The number of rotatable bonds is 3. The van der Waals surface area contributed by atoms with Crippen LogP contribution in [0.25, 0.3) is 0 Å². The Morgan fingerprint density at radius 1 is 1.15 bits per heavy atom. The first-order valence-corrected chi connectivity index (χ1v) is 9.80. The van der Waals surface area contributed by atoms with Crippen molar-refractivity contribution in [2.45, 2.75) is 18.7 Å². The molecule has 3 rings (SSSR count). The molecule has 0 aliphatic carbocycles. The summed E-state index contributed by atoms with van der Waals surface area (Å²) in [6.07, 6.45) is 0. The van der Waals surface area contributed by atoms with Crippen LogP contribution in [0.2, 0.25) is 5.02 Å². The highest BCUT2D eigenvalue weighted by Crippen LogP contribution is 2.37. The molecule has 1 N–H and O–H groups in total. The van der Waals surface area contributed by atoms with E-state index in [0.717, 1.165) is 0 Å². The Kier molecular flexibility index (Phi) is 4.62. The average Bonchev–Trinajstić information content (AvgIpc) is 2.66. The summed E-state index contributed by atoms with van der Waals surface area (Å²) < 4.78 is 33.3. The van der Waals surface area contributed by atoms with Crippen LogP contribution >= 0.6 is 11.6 Å². The van der Waals surface area contributed by atoms with Gasteiger partial charge in [-0.1, -0.05) is 11.6 Å². The summed E-state index contributed by atoms with van der Waals surface area (Å²) in [4.78, 5) is 14.2. The van der Waals surface area contributed by atoms with Crippen molar-refractivity contribution >= 4 is 38.9 Å². The molecule has 6 nitrogen and oxygen atoms in total. The zero-order valence-electron chi connectivity index (χ0n) is 14.6. The number of benzene rings is 2. The number of nitrogens with one attached hydrogen (secondary N) is 1. The summed E-state index contributed by atoms with van der Waals surface area (Å²) in [5, 5.41) is 0.453. The number of amides is 1. The largest absolute Gasteiger partial charge is 0.490 e. The number of carbonyl (C=O) groups excluding carboxylic acids is 1. The molecule has 0 unspecified atom stereocenters. The SMILES string of the molecule is CN1C(=O)C(C)(C)COc2ccc(NS(=O)(=O)c3ccc(Cl)cc3)cc21. The fourth-order valence-corrected chi connectivity index (χ4v) is 3.85. The molecule has 0 fully saturated rings. The van der Waals surface area contributed by atoms with E-state index in [9.17, 15) is 13.2 Å². The van der Waals surface area contributed by atoms with E-state index in [1.54, 1.807) is 25.2 Å². The van der Waals surface area contributed by atoms with E-state index in [1.165, 1.54) is 29.2 Å². The Hall–Kier alpha value is -2.25. The maximum absolute atomic E-state index is 12.6. The molecule has 26 heavy (non-hydrogen) atoms. The second-order valence-corrected chi connectivity index (χ2v) is 8.90. The van der Waals surface area contributed by atoms with Gasteiger partial charge in [0.25, 0.3) is 10.0 Å². The van der Waals surface area contributed by atoms with Crippen molar-refractivity contribution in [3.63, 3.8) is 0 Å². The van der Waals surface area contributed by atoms with Crippen molar-refractivity contribution in [3.05, 3.63) is 47.5 Å². The third-order valence-electron chi connectivity index (χ3n) is 4.17. The number of fused-ring (bicyclic) bond motifs is 1. The molecule has 2 aromatic carbocycles. The standard InChI is InChI=1S/C18H19ClN2O4S/c1-18(2)11-25-16-9-6-13(10-15(16)21(3)17(18)22)20-26(23,24)14-7-4-12(19)5-8-14/h4-10,20H,11H2,1-3H3. The van der Waals surface area contributed by atoms with E-state index in [2.05, 4.69) is 4.72 Å².